The van der Waals surface area contributed by atoms with E-state index in [1.165, 1.54) is 5.56 Å². The average molecular weight is 260 g/mol. The molecule has 2 aromatic rings. The maximum absolute atomic E-state index is 10.3. The molecule has 19 heavy (non-hydrogen) atoms. The van der Waals surface area contributed by atoms with Crippen LogP contribution in [-0.2, 0) is 20.2 Å². The maximum atomic E-state index is 10.3. The Kier molecular flexibility index (Phi) is 3.81. The molecule has 0 unspecified atom stereocenters. The summed E-state index contributed by atoms with van der Waals surface area (Å²) in [6.45, 7) is 4.36. The Bertz CT molecular complexity index is 592. The van der Waals surface area contributed by atoms with Crippen molar-refractivity contribution in [2.75, 3.05) is 0 Å². The predicted molar refractivity (Wildman–Crippen MR) is 70.4 cm³/mol. The van der Waals surface area contributed by atoms with Gasteiger partial charge in [-0.3, -0.25) is 0 Å². The first-order valence-corrected chi connectivity index (χ1v) is 6.29. The summed E-state index contributed by atoms with van der Waals surface area (Å²) in [5.74, 6) is 0.252. The third-order valence-electron chi connectivity index (χ3n) is 3.46. The van der Waals surface area contributed by atoms with Crippen LogP contribution in [0.25, 0.3) is 0 Å². The number of nitrogens with zero attached hydrogens (tertiary/aromatic N) is 2. The van der Waals surface area contributed by atoms with Gasteiger partial charge in [-0.05, 0) is 12.5 Å². The monoisotopic (exact) mass is 260 g/mol. The van der Waals surface area contributed by atoms with Gasteiger partial charge in [-0.1, -0.05) is 0 Å². The Balaban J connectivity index is 2.44. The molecular formula is C15H20N2O2+2. The van der Waals surface area contributed by atoms with Gasteiger partial charge in [0, 0.05) is 19.1 Å². The van der Waals surface area contributed by atoms with E-state index in [2.05, 4.69) is 0 Å². The van der Waals surface area contributed by atoms with Crippen molar-refractivity contribution in [1.29, 1.82) is 0 Å². The van der Waals surface area contributed by atoms with Crippen LogP contribution in [0, 0.1) is 13.8 Å². The van der Waals surface area contributed by atoms with Gasteiger partial charge in [0.15, 0.2) is 30.9 Å². The lowest BCUT2D eigenvalue weighted by Crippen LogP contribution is -2.37. The Labute approximate surface area is 113 Å². The Hall–Kier alpha value is -1.94. The van der Waals surface area contributed by atoms with Gasteiger partial charge in [0.25, 0.3) is 0 Å². The van der Waals surface area contributed by atoms with Crippen LogP contribution in [0.3, 0.4) is 0 Å². The molecule has 0 aliphatic heterocycles. The van der Waals surface area contributed by atoms with Crippen LogP contribution in [0.5, 0.6) is 5.75 Å². The summed E-state index contributed by atoms with van der Waals surface area (Å²) in [6, 6.07) is 4.04. The number of aliphatic hydroxyl groups excluding tert-OH is 1. The molecule has 2 aromatic heterocycles. The SMILES string of the molecule is Cc1cc[n+](Cc2c(CO)c[n+](C)c(C)c2O)cc1. The number of aromatic hydroxyl groups is 1. The van der Waals surface area contributed by atoms with E-state index in [1.54, 1.807) is 0 Å². The minimum absolute atomic E-state index is 0.0799. The molecule has 0 saturated carbocycles. The molecule has 4 nitrogen and oxygen atoms in total. The van der Waals surface area contributed by atoms with Gasteiger partial charge < -0.3 is 10.2 Å². The second-order valence-electron chi connectivity index (χ2n) is 4.88. The number of aromatic nitrogens is 2. The fourth-order valence-corrected chi connectivity index (χ4v) is 2.08. The van der Waals surface area contributed by atoms with Crippen molar-refractivity contribution in [3.05, 3.63) is 53.1 Å². The molecule has 2 heterocycles. The summed E-state index contributed by atoms with van der Waals surface area (Å²) in [6.07, 6.45) is 5.80. The van der Waals surface area contributed by atoms with Gasteiger partial charge in [-0.25, -0.2) is 9.13 Å². The Morgan fingerprint density at radius 3 is 2.37 bits per heavy atom. The molecule has 100 valence electrons. The van der Waals surface area contributed by atoms with Crippen LogP contribution in [0.2, 0.25) is 0 Å². The fraction of sp³-hybridized carbons (Fsp3) is 0.333. The Morgan fingerprint density at radius 2 is 1.79 bits per heavy atom. The largest absolute Gasteiger partial charge is 0.502 e. The number of hydrogen-bond donors (Lipinski definition) is 2. The maximum Gasteiger partial charge on any atom is 0.220 e. The normalized spacial score (nSPS) is 10.7. The molecule has 0 amide bonds. The lowest BCUT2D eigenvalue weighted by molar-refractivity contribution is -0.691. The molecule has 0 bridgehead atoms. The topological polar surface area (TPSA) is 48.2 Å². The number of hydrogen-bond acceptors (Lipinski definition) is 2. The van der Waals surface area contributed by atoms with Crippen molar-refractivity contribution in [2.24, 2.45) is 7.05 Å². The summed E-state index contributed by atoms with van der Waals surface area (Å²) >= 11 is 0. The van der Waals surface area contributed by atoms with Crippen molar-refractivity contribution in [1.82, 2.24) is 0 Å². The second-order valence-corrected chi connectivity index (χ2v) is 4.88. The van der Waals surface area contributed by atoms with Crippen LogP contribution in [0.15, 0.2) is 30.7 Å². The quantitative estimate of drug-likeness (QED) is 0.797. The Morgan fingerprint density at radius 1 is 1.16 bits per heavy atom. The van der Waals surface area contributed by atoms with Crippen molar-refractivity contribution in [3.63, 3.8) is 0 Å². The van der Waals surface area contributed by atoms with Crippen LogP contribution in [0.1, 0.15) is 22.4 Å². The van der Waals surface area contributed by atoms with Gasteiger partial charge in [0.2, 0.25) is 5.69 Å². The number of aliphatic hydroxyl groups is 1. The minimum Gasteiger partial charge on any atom is -0.502 e. The highest BCUT2D eigenvalue weighted by molar-refractivity contribution is 5.37. The second kappa shape index (κ2) is 5.36. The highest BCUT2D eigenvalue weighted by Crippen LogP contribution is 2.22. The smallest absolute Gasteiger partial charge is 0.220 e. The third-order valence-corrected chi connectivity index (χ3v) is 3.46. The van der Waals surface area contributed by atoms with Crippen molar-refractivity contribution in [2.45, 2.75) is 27.0 Å². The van der Waals surface area contributed by atoms with E-state index < -0.39 is 0 Å². The standard InChI is InChI=1S/C15H19N2O2/c1-11-4-6-17(7-5-11)9-14-13(10-18)8-16(3)12(2)15(14)19/h4-8,18H,9-10H2,1-3H3/q+1/p+1. The molecule has 0 atom stereocenters. The summed E-state index contributed by atoms with van der Waals surface area (Å²) in [5.41, 5.74) is 3.50. The van der Waals surface area contributed by atoms with E-state index in [0.717, 1.165) is 16.8 Å². The third kappa shape index (κ3) is 2.74. The van der Waals surface area contributed by atoms with E-state index >= 15 is 0 Å². The van der Waals surface area contributed by atoms with Crippen LogP contribution < -0.4 is 9.13 Å². The zero-order valence-corrected chi connectivity index (χ0v) is 11.6. The predicted octanol–water partition coefficient (Wildman–Crippen LogP) is 0.662. The van der Waals surface area contributed by atoms with Crippen LogP contribution in [-0.4, -0.2) is 10.2 Å². The van der Waals surface area contributed by atoms with E-state index in [-0.39, 0.29) is 12.4 Å². The van der Waals surface area contributed by atoms with Crippen LogP contribution >= 0.6 is 0 Å². The fourth-order valence-electron chi connectivity index (χ4n) is 2.08. The summed E-state index contributed by atoms with van der Waals surface area (Å²) in [5, 5.41) is 19.7. The molecule has 0 spiro atoms. The van der Waals surface area contributed by atoms with E-state index in [1.807, 2.05) is 60.8 Å². The number of aryl methyl sites for hydroxylation is 2. The van der Waals surface area contributed by atoms with E-state index in [0.29, 0.717) is 6.54 Å². The molecule has 2 N–H and O–H groups in total. The van der Waals surface area contributed by atoms with Crippen molar-refractivity contribution >= 4 is 0 Å². The molecule has 0 saturated heterocycles. The summed E-state index contributed by atoms with van der Waals surface area (Å²) < 4.78 is 3.81. The average Bonchev–Trinajstić information content (AvgIpc) is 2.41. The first-order chi connectivity index (χ1) is 9.02. The summed E-state index contributed by atoms with van der Waals surface area (Å²) in [7, 11) is 1.86. The minimum atomic E-state index is -0.0799. The van der Waals surface area contributed by atoms with Crippen LogP contribution in [0.4, 0.5) is 0 Å². The zero-order valence-electron chi connectivity index (χ0n) is 11.6. The van der Waals surface area contributed by atoms with Gasteiger partial charge in [0.1, 0.15) is 7.05 Å². The molecule has 0 radical (unpaired) electrons. The number of rotatable bonds is 3. The lowest BCUT2D eigenvalue weighted by Gasteiger charge is -2.08. The summed E-state index contributed by atoms with van der Waals surface area (Å²) in [4.78, 5) is 0. The molecule has 0 aliphatic rings. The van der Waals surface area contributed by atoms with Gasteiger partial charge in [0.05, 0.1) is 17.7 Å². The van der Waals surface area contributed by atoms with E-state index in [9.17, 15) is 10.2 Å². The first kappa shape index (κ1) is 13.5. The highest BCUT2D eigenvalue weighted by atomic mass is 16.3. The molecule has 0 fully saturated rings. The highest BCUT2D eigenvalue weighted by Gasteiger charge is 2.21. The molecule has 4 heteroatoms. The van der Waals surface area contributed by atoms with Gasteiger partial charge in [-0.15, -0.1) is 0 Å². The van der Waals surface area contributed by atoms with Gasteiger partial charge in [-0.2, -0.15) is 0 Å². The number of pyridine rings is 2. The zero-order chi connectivity index (χ0) is 14.0. The van der Waals surface area contributed by atoms with Crippen molar-refractivity contribution < 1.29 is 19.3 Å². The van der Waals surface area contributed by atoms with Gasteiger partial charge >= 0.3 is 0 Å². The first-order valence-electron chi connectivity index (χ1n) is 6.29. The van der Waals surface area contributed by atoms with E-state index in [4.69, 9.17) is 0 Å². The molecular weight excluding hydrogens is 240 g/mol. The molecule has 2 rings (SSSR count). The molecule has 0 aromatic carbocycles. The van der Waals surface area contributed by atoms with Crippen molar-refractivity contribution in [3.8, 4) is 5.75 Å². The molecule has 0 aliphatic carbocycles. The lowest BCUT2D eigenvalue weighted by atomic mass is 10.1.